The van der Waals surface area contributed by atoms with Crippen molar-refractivity contribution in [2.45, 2.75) is 31.0 Å². The van der Waals surface area contributed by atoms with Crippen LogP contribution < -0.4 is 4.74 Å². The molecule has 0 saturated heterocycles. The molecular formula is C34H29BrN2O5. The summed E-state index contributed by atoms with van der Waals surface area (Å²) in [6, 6.07) is 31.6. The Hall–Kier alpha value is -4.27. The third kappa shape index (κ3) is 5.24. The molecule has 4 aromatic rings. The minimum Gasteiger partial charge on any atom is -0.494 e. The van der Waals surface area contributed by atoms with Crippen LogP contribution in [0.15, 0.2) is 113 Å². The lowest BCUT2D eigenvalue weighted by molar-refractivity contribution is -0.137. The molecule has 4 aromatic carbocycles. The standard InChI is InChI=1S/C34H29BrN2O5/c35-29-14-7-6-13-28(29)30-34(36-31(42-30)23-15-17-27(18-16-23)41-20-8-19-38)21-25-11-4-5-12-26(25)22-37(33(34)40)32(39)24-9-2-1-3-10-24/h1-7,9-18,30,38H,8,19-22H2/t30-,34-/m0/s1. The molecule has 1 N–H and O–H groups in total. The number of amides is 2. The number of rotatable bonds is 7. The number of nitrogens with zero attached hydrogens (tertiary/aromatic N) is 2. The van der Waals surface area contributed by atoms with E-state index in [4.69, 9.17) is 19.6 Å². The molecule has 42 heavy (non-hydrogen) atoms. The fourth-order valence-electron chi connectivity index (χ4n) is 5.48. The van der Waals surface area contributed by atoms with Gasteiger partial charge >= 0.3 is 0 Å². The third-order valence-corrected chi connectivity index (χ3v) is 8.33. The lowest BCUT2D eigenvalue weighted by Gasteiger charge is -2.33. The number of ether oxygens (including phenoxy) is 2. The maximum Gasteiger partial charge on any atom is 0.262 e. The van der Waals surface area contributed by atoms with E-state index in [1.165, 1.54) is 4.90 Å². The van der Waals surface area contributed by atoms with Crippen LogP contribution >= 0.6 is 15.9 Å². The van der Waals surface area contributed by atoms with Gasteiger partial charge < -0.3 is 14.6 Å². The smallest absolute Gasteiger partial charge is 0.262 e. The highest BCUT2D eigenvalue weighted by Crippen LogP contribution is 2.47. The van der Waals surface area contributed by atoms with Crippen molar-refractivity contribution < 1.29 is 24.2 Å². The van der Waals surface area contributed by atoms with E-state index in [1.54, 1.807) is 24.3 Å². The van der Waals surface area contributed by atoms with Crippen molar-refractivity contribution in [3.63, 3.8) is 0 Å². The normalized spacial score (nSPS) is 19.6. The Labute approximate surface area is 252 Å². The second-order valence-corrected chi connectivity index (χ2v) is 11.2. The first kappa shape index (κ1) is 27.9. The van der Waals surface area contributed by atoms with Crippen LogP contribution in [0.3, 0.4) is 0 Å². The molecule has 0 aliphatic carbocycles. The maximum absolute atomic E-state index is 14.8. The summed E-state index contributed by atoms with van der Waals surface area (Å²) in [5.41, 5.74) is 2.27. The maximum atomic E-state index is 14.8. The van der Waals surface area contributed by atoms with E-state index in [0.717, 1.165) is 21.2 Å². The first-order chi connectivity index (χ1) is 20.5. The van der Waals surface area contributed by atoms with Crippen LogP contribution in [0.4, 0.5) is 0 Å². The summed E-state index contributed by atoms with van der Waals surface area (Å²) < 4.78 is 13.1. The minimum absolute atomic E-state index is 0.0577. The number of benzene rings is 4. The molecule has 2 aliphatic heterocycles. The second-order valence-electron chi connectivity index (χ2n) is 10.3. The quantitative estimate of drug-likeness (QED) is 0.204. The molecule has 0 bridgehead atoms. The van der Waals surface area contributed by atoms with Gasteiger partial charge in [-0.3, -0.25) is 14.5 Å². The predicted molar refractivity (Wildman–Crippen MR) is 162 cm³/mol. The molecule has 1 spiro atoms. The zero-order valence-corrected chi connectivity index (χ0v) is 24.4. The summed E-state index contributed by atoms with van der Waals surface area (Å²) in [6.45, 7) is 0.597. The van der Waals surface area contributed by atoms with Gasteiger partial charge in [0.15, 0.2) is 11.6 Å². The van der Waals surface area contributed by atoms with E-state index >= 15 is 0 Å². The van der Waals surface area contributed by atoms with Crippen LogP contribution in [-0.4, -0.2) is 46.5 Å². The minimum atomic E-state index is -1.44. The molecule has 8 heteroatoms. The Morgan fingerprint density at radius 3 is 2.38 bits per heavy atom. The van der Waals surface area contributed by atoms with Crippen LogP contribution in [0, 0.1) is 0 Å². The largest absolute Gasteiger partial charge is 0.494 e. The van der Waals surface area contributed by atoms with Crippen molar-refractivity contribution in [1.82, 2.24) is 4.90 Å². The molecular weight excluding hydrogens is 596 g/mol. The van der Waals surface area contributed by atoms with Crippen LogP contribution in [0.1, 0.15) is 45.1 Å². The highest BCUT2D eigenvalue weighted by Gasteiger charge is 2.57. The molecule has 0 aromatic heterocycles. The average molecular weight is 626 g/mol. The highest BCUT2D eigenvalue weighted by molar-refractivity contribution is 9.10. The zero-order valence-electron chi connectivity index (χ0n) is 22.8. The number of aliphatic hydroxyl groups excluding tert-OH is 1. The lowest BCUT2D eigenvalue weighted by atomic mass is 9.81. The van der Waals surface area contributed by atoms with Crippen LogP contribution in [0.2, 0.25) is 0 Å². The second kappa shape index (κ2) is 11.9. The van der Waals surface area contributed by atoms with E-state index in [9.17, 15) is 9.59 Å². The van der Waals surface area contributed by atoms with Crippen LogP contribution in [-0.2, 0) is 22.5 Å². The van der Waals surface area contributed by atoms with Gasteiger partial charge in [-0.25, -0.2) is 4.99 Å². The van der Waals surface area contributed by atoms with Crippen LogP contribution in [0.5, 0.6) is 5.75 Å². The van der Waals surface area contributed by atoms with Gasteiger partial charge in [-0.05, 0) is 53.6 Å². The summed E-state index contributed by atoms with van der Waals surface area (Å²) >= 11 is 3.67. The van der Waals surface area contributed by atoms with Crippen molar-refractivity contribution in [1.29, 1.82) is 0 Å². The number of halogens is 1. The van der Waals surface area contributed by atoms with Crippen molar-refractivity contribution in [3.8, 4) is 5.75 Å². The van der Waals surface area contributed by atoms with Gasteiger partial charge in [0.2, 0.25) is 5.90 Å². The van der Waals surface area contributed by atoms with Gasteiger partial charge in [-0.15, -0.1) is 0 Å². The van der Waals surface area contributed by atoms with Crippen molar-refractivity contribution in [3.05, 3.63) is 135 Å². The molecule has 2 atom stereocenters. The molecule has 212 valence electrons. The van der Waals surface area contributed by atoms with Gasteiger partial charge in [0.25, 0.3) is 11.8 Å². The molecule has 0 saturated carbocycles. The number of carbonyl (C=O) groups excluding carboxylic acids is 2. The lowest BCUT2D eigenvalue weighted by Crippen LogP contribution is -2.51. The Morgan fingerprint density at radius 2 is 1.64 bits per heavy atom. The van der Waals surface area contributed by atoms with E-state index in [2.05, 4.69) is 15.9 Å². The number of aliphatic hydroxyl groups is 1. The highest BCUT2D eigenvalue weighted by atomic mass is 79.9. The molecule has 2 aliphatic rings. The summed E-state index contributed by atoms with van der Waals surface area (Å²) in [4.78, 5) is 35.1. The monoisotopic (exact) mass is 624 g/mol. The van der Waals surface area contributed by atoms with Gasteiger partial charge in [-0.2, -0.15) is 0 Å². The number of hydrogen-bond donors (Lipinski definition) is 1. The molecule has 0 unspecified atom stereocenters. The average Bonchev–Trinajstić information content (AvgIpc) is 3.35. The summed E-state index contributed by atoms with van der Waals surface area (Å²) in [7, 11) is 0. The zero-order chi connectivity index (χ0) is 29.1. The van der Waals surface area contributed by atoms with Gasteiger partial charge in [0, 0.05) is 40.6 Å². The first-order valence-corrected chi connectivity index (χ1v) is 14.6. The Balaban J connectivity index is 1.48. The molecule has 6 rings (SSSR count). The predicted octanol–water partition coefficient (Wildman–Crippen LogP) is 5.89. The fraction of sp³-hybridized carbons (Fsp3) is 0.206. The summed E-state index contributed by atoms with van der Waals surface area (Å²) in [6.07, 6.45) is 0.00166. The van der Waals surface area contributed by atoms with E-state index < -0.39 is 17.6 Å². The molecule has 7 nitrogen and oxygen atoms in total. The van der Waals surface area contributed by atoms with Crippen molar-refractivity contribution >= 4 is 33.6 Å². The summed E-state index contributed by atoms with van der Waals surface area (Å²) in [5.74, 6) is 0.183. The molecule has 0 radical (unpaired) electrons. The number of fused-ring (bicyclic) bond motifs is 1. The molecule has 2 amide bonds. The van der Waals surface area contributed by atoms with Crippen LogP contribution in [0.25, 0.3) is 0 Å². The van der Waals surface area contributed by atoms with Crippen molar-refractivity contribution in [2.24, 2.45) is 4.99 Å². The number of carbonyl (C=O) groups is 2. The molecule has 0 fully saturated rings. The number of hydrogen-bond acceptors (Lipinski definition) is 6. The van der Waals surface area contributed by atoms with Crippen molar-refractivity contribution in [2.75, 3.05) is 13.2 Å². The summed E-state index contributed by atoms with van der Waals surface area (Å²) in [5, 5.41) is 9.04. The van der Waals surface area contributed by atoms with E-state index in [-0.39, 0.29) is 25.5 Å². The first-order valence-electron chi connectivity index (χ1n) is 13.8. The fourth-order valence-corrected chi connectivity index (χ4v) is 5.98. The number of aliphatic imine (C=N–C) groups is 1. The van der Waals surface area contributed by atoms with E-state index in [1.807, 2.05) is 78.9 Å². The number of imide groups is 1. The van der Waals surface area contributed by atoms with Gasteiger partial charge in [-0.1, -0.05) is 76.6 Å². The Kier molecular flexibility index (Phi) is 7.91. The van der Waals surface area contributed by atoms with Gasteiger partial charge in [0.1, 0.15) is 5.75 Å². The Morgan fingerprint density at radius 1 is 0.952 bits per heavy atom. The van der Waals surface area contributed by atoms with Gasteiger partial charge in [0.05, 0.1) is 13.2 Å². The Bertz CT molecular complexity index is 1640. The van der Waals surface area contributed by atoms with E-state index in [0.29, 0.717) is 35.8 Å². The third-order valence-electron chi connectivity index (χ3n) is 7.61. The molecule has 2 heterocycles. The SMILES string of the molecule is O=C(c1ccccc1)N1Cc2ccccc2C[C@@]2(N=C(c3ccc(OCCCO)cc3)O[C@H]2c2ccccc2Br)C1=O. The topological polar surface area (TPSA) is 88.4 Å².